The molecule has 4 heteroatoms. The molecule has 0 bridgehead atoms. The number of rotatable bonds is 2. The van der Waals surface area contributed by atoms with E-state index in [1.54, 1.807) is 17.8 Å². The molecule has 0 amide bonds. The van der Waals surface area contributed by atoms with Gasteiger partial charge in [0.1, 0.15) is 5.82 Å². The highest BCUT2D eigenvalue weighted by molar-refractivity contribution is 8.00. The zero-order valence-electron chi connectivity index (χ0n) is 11.3. The van der Waals surface area contributed by atoms with Crippen molar-refractivity contribution in [2.24, 2.45) is 0 Å². The lowest BCUT2D eigenvalue weighted by Gasteiger charge is -2.27. The lowest BCUT2D eigenvalue weighted by molar-refractivity contribution is -0.0631. The van der Waals surface area contributed by atoms with Gasteiger partial charge in [-0.3, -0.25) is 0 Å². The van der Waals surface area contributed by atoms with Crippen LogP contribution in [-0.4, -0.2) is 16.5 Å². The summed E-state index contributed by atoms with van der Waals surface area (Å²) >= 11 is 1.68. The zero-order valence-corrected chi connectivity index (χ0v) is 12.1. The molecule has 2 N–H and O–H groups in total. The molecule has 0 spiro atoms. The van der Waals surface area contributed by atoms with Gasteiger partial charge >= 0.3 is 0 Å². The average Bonchev–Trinajstić information content (AvgIpc) is 2.39. The molecular weight excluding hydrogens is 249 g/mol. The molecule has 1 fully saturated rings. The fraction of sp³-hybridized carbons (Fsp3) is 0.571. The number of nitrogens with two attached hydrogens (primary N) is 1. The molecule has 1 unspecified atom stereocenters. The maximum absolute atomic E-state index is 13.0. The minimum Gasteiger partial charge on any atom is -0.398 e. The summed E-state index contributed by atoms with van der Waals surface area (Å²) in [6, 6.07) is 4.57. The Balaban J connectivity index is 2.19. The summed E-state index contributed by atoms with van der Waals surface area (Å²) in [6.07, 6.45) is 0.960. The Kier molecular flexibility index (Phi) is 3.36. The summed E-state index contributed by atoms with van der Waals surface area (Å²) in [7, 11) is 0. The maximum Gasteiger partial charge on any atom is 0.125 e. The van der Waals surface area contributed by atoms with Crippen molar-refractivity contribution in [2.75, 3.05) is 5.73 Å². The molecule has 0 aliphatic carbocycles. The topological polar surface area (TPSA) is 35.2 Å². The number of thioether (sulfide) groups is 1. The normalized spacial score (nSPS) is 25.3. The standard InChI is InChI=1S/C14H20FNOS/c1-13(2)8-12(14(3,4)17-13)18-11-6-5-9(15)7-10(11)16/h5-7,12H,8,16H2,1-4H3. The van der Waals surface area contributed by atoms with Crippen LogP contribution in [0.2, 0.25) is 0 Å². The third-order valence-corrected chi connectivity index (χ3v) is 4.88. The molecule has 1 aliphatic rings. The van der Waals surface area contributed by atoms with Crippen molar-refractivity contribution in [1.29, 1.82) is 0 Å². The third kappa shape index (κ3) is 2.81. The third-order valence-electron chi connectivity index (χ3n) is 3.23. The highest BCUT2D eigenvalue weighted by atomic mass is 32.2. The predicted octanol–water partition coefficient (Wildman–Crippen LogP) is 3.85. The highest BCUT2D eigenvalue weighted by Gasteiger charge is 2.46. The first-order valence-corrected chi connectivity index (χ1v) is 6.99. The molecule has 1 aromatic carbocycles. The van der Waals surface area contributed by atoms with E-state index in [4.69, 9.17) is 10.5 Å². The minimum atomic E-state index is -0.292. The molecule has 1 saturated heterocycles. The Bertz CT molecular complexity index is 459. The Morgan fingerprint density at radius 3 is 2.50 bits per heavy atom. The number of halogens is 1. The lowest BCUT2D eigenvalue weighted by Crippen LogP contribution is -2.30. The van der Waals surface area contributed by atoms with Gasteiger partial charge in [-0.25, -0.2) is 4.39 Å². The van der Waals surface area contributed by atoms with Crippen LogP contribution in [0.15, 0.2) is 23.1 Å². The van der Waals surface area contributed by atoms with Crippen LogP contribution in [0.25, 0.3) is 0 Å². The van der Waals surface area contributed by atoms with Crippen LogP contribution in [-0.2, 0) is 4.74 Å². The SMILES string of the molecule is CC1(C)CC(Sc2ccc(F)cc2N)C(C)(C)O1. The van der Waals surface area contributed by atoms with Crippen LogP contribution in [0.1, 0.15) is 34.1 Å². The van der Waals surface area contributed by atoms with Gasteiger partial charge in [-0.1, -0.05) is 0 Å². The fourth-order valence-corrected chi connectivity index (χ4v) is 3.94. The van der Waals surface area contributed by atoms with Gasteiger partial charge in [-0.2, -0.15) is 0 Å². The van der Waals surface area contributed by atoms with Crippen LogP contribution in [0.3, 0.4) is 0 Å². The van der Waals surface area contributed by atoms with E-state index in [0.717, 1.165) is 11.3 Å². The molecule has 0 radical (unpaired) electrons. The van der Waals surface area contributed by atoms with Crippen molar-refractivity contribution in [3.8, 4) is 0 Å². The fourth-order valence-electron chi connectivity index (χ4n) is 2.48. The van der Waals surface area contributed by atoms with Crippen LogP contribution in [0, 0.1) is 5.82 Å². The van der Waals surface area contributed by atoms with Gasteiger partial charge in [0.05, 0.1) is 11.2 Å². The molecule has 100 valence electrons. The first-order valence-electron chi connectivity index (χ1n) is 6.11. The van der Waals surface area contributed by atoms with Gasteiger partial charge in [0, 0.05) is 15.8 Å². The van der Waals surface area contributed by atoms with Crippen LogP contribution in [0.4, 0.5) is 10.1 Å². The van der Waals surface area contributed by atoms with Crippen molar-refractivity contribution in [2.45, 2.75) is 55.5 Å². The smallest absolute Gasteiger partial charge is 0.125 e. The number of anilines is 1. The number of nitrogen functional groups attached to an aromatic ring is 1. The summed E-state index contributed by atoms with van der Waals surface area (Å²) in [5.74, 6) is -0.292. The van der Waals surface area contributed by atoms with Crippen molar-refractivity contribution < 1.29 is 9.13 Å². The van der Waals surface area contributed by atoms with Gasteiger partial charge in [-0.15, -0.1) is 11.8 Å². The molecular formula is C14H20FNOS. The first kappa shape index (κ1) is 13.7. The van der Waals surface area contributed by atoms with E-state index >= 15 is 0 Å². The van der Waals surface area contributed by atoms with E-state index in [9.17, 15) is 4.39 Å². The van der Waals surface area contributed by atoms with Crippen molar-refractivity contribution in [3.05, 3.63) is 24.0 Å². The molecule has 1 heterocycles. The van der Waals surface area contributed by atoms with E-state index < -0.39 is 0 Å². The van der Waals surface area contributed by atoms with Crippen LogP contribution >= 0.6 is 11.8 Å². The van der Waals surface area contributed by atoms with E-state index in [-0.39, 0.29) is 17.0 Å². The van der Waals surface area contributed by atoms with E-state index in [1.807, 2.05) is 0 Å². The van der Waals surface area contributed by atoms with Crippen molar-refractivity contribution in [1.82, 2.24) is 0 Å². The molecule has 2 nitrogen and oxygen atoms in total. The zero-order chi connectivity index (χ0) is 13.6. The molecule has 1 atom stereocenters. The lowest BCUT2D eigenvalue weighted by atomic mass is 10.0. The van der Waals surface area contributed by atoms with E-state index in [1.165, 1.54) is 12.1 Å². The summed E-state index contributed by atoms with van der Waals surface area (Å²) in [5.41, 5.74) is 6.04. The monoisotopic (exact) mass is 269 g/mol. The second kappa shape index (κ2) is 4.42. The second-order valence-electron chi connectivity index (χ2n) is 5.96. The Morgan fingerprint density at radius 2 is 2.00 bits per heavy atom. The van der Waals surface area contributed by atoms with Gasteiger partial charge in [-0.05, 0) is 52.3 Å². The minimum absolute atomic E-state index is 0.115. The summed E-state index contributed by atoms with van der Waals surface area (Å²) < 4.78 is 19.1. The van der Waals surface area contributed by atoms with Crippen molar-refractivity contribution in [3.63, 3.8) is 0 Å². The Labute approximate surface area is 112 Å². The molecule has 18 heavy (non-hydrogen) atoms. The summed E-state index contributed by atoms with van der Waals surface area (Å²) in [4.78, 5) is 0.927. The number of ether oxygens (including phenoxy) is 1. The summed E-state index contributed by atoms with van der Waals surface area (Å²) in [5, 5.41) is 0.320. The predicted molar refractivity (Wildman–Crippen MR) is 74.3 cm³/mol. The van der Waals surface area contributed by atoms with Crippen LogP contribution in [0.5, 0.6) is 0 Å². The maximum atomic E-state index is 13.0. The van der Waals surface area contributed by atoms with Gasteiger partial charge in [0.2, 0.25) is 0 Å². The van der Waals surface area contributed by atoms with Crippen molar-refractivity contribution >= 4 is 17.4 Å². The number of benzene rings is 1. The quantitative estimate of drug-likeness (QED) is 0.828. The molecule has 2 rings (SSSR count). The molecule has 1 aromatic rings. The molecule has 0 aromatic heterocycles. The van der Waals surface area contributed by atoms with E-state index in [2.05, 4.69) is 27.7 Å². The van der Waals surface area contributed by atoms with Crippen LogP contribution < -0.4 is 5.73 Å². The largest absolute Gasteiger partial charge is 0.398 e. The van der Waals surface area contributed by atoms with E-state index in [0.29, 0.717) is 10.9 Å². The molecule has 1 aliphatic heterocycles. The summed E-state index contributed by atoms with van der Waals surface area (Å²) in [6.45, 7) is 8.39. The Hall–Kier alpha value is -0.740. The second-order valence-corrected chi connectivity index (χ2v) is 7.20. The number of hydrogen-bond donors (Lipinski definition) is 1. The van der Waals surface area contributed by atoms with Gasteiger partial charge < -0.3 is 10.5 Å². The highest BCUT2D eigenvalue weighted by Crippen LogP contribution is 2.47. The Morgan fingerprint density at radius 1 is 1.33 bits per heavy atom. The number of hydrogen-bond acceptors (Lipinski definition) is 3. The van der Waals surface area contributed by atoms with Gasteiger partial charge in [0.15, 0.2) is 0 Å². The first-order chi connectivity index (χ1) is 8.20. The molecule has 0 saturated carbocycles. The van der Waals surface area contributed by atoms with Gasteiger partial charge in [0.25, 0.3) is 0 Å². The average molecular weight is 269 g/mol.